The van der Waals surface area contributed by atoms with Gasteiger partial charge in [-0.3, -0.25) is 4.98 Å². The zero-order valence-corrected chi connectivity index (χ0v) is 26.1. The van der Waals surface area contributed by atoms with Gasteiger partial charge in [-0.25, -0.2) is 0 Å². The van der Waals surface area contributed by atoms with Gasteiger partial charge in [0.2, 0.25) is 0 Å². The third-order valence-electron chi connectivity index (χ3n) is 7.98. The van der Waals surface area contributed by atoms with Gasteiger partial charge in [0.05, 0.1) is 5.52 Å². The number of nitrogens with zero attached hydrogens (tertiary/aromatic N) is 2. The second kappa shape index (κ2) is 11.5. The van der Waals surface area contributed by atoms with Gasteiger partial charge in [-0.05, 0) is 60.2 Å². The molecule has 2 aromatic heterocycles. The molecule has 39 heavy (non-hydrogen) atoms. The minimum Gasteiger partial charge on any atom is -0.304 e. The van der Waals surface area contributed by atoms with Crippen LogP contribution in [-0.4, -0.2) is 9.97 Å². The predicted octanol–water partition coefficient (Wildman–Crippen LogP) is 9.21. The molecule has 201 valence electrons. The SMILES string of the molecule is Cc1cccc2nc(-c3[c-]cc4c(c3)C(C)(C)CCC4(C)C)ccc12.Cc1cccnc1-c1[c-]cccc1.[Ir]. The van der Waals surface area contributed by atoms with Crippen molar-refractivity contribution < 1.29 is 20.1 Å². The topological polar surface area (TPSA) is 25.8 Å². The summed E-state index contributed by atoms with van der Waals surface area (Å²) in [6.07, 6.45) is 4.26. The van der Waals surface area contributed by atoms with E-state index in [0.29, 0.717) is 0 Å². The molecule has 0 amide bonds. The van der Waals surface area contributed by atoms with E-state index in [2.05, 4.69) is 107 Å². The predicted molar refractivity (Wildman–Crippen MR) is 159 cm³/mol. The minimum absolute atomic E-state index is 0. The van der Waals surface area contributed by atoms with Gasteiger partial charge in [0.25, 0.3) is 0 Å². The maximum atomic E-state index is 4.91. The molecule has 3 heteroatoms. The number of pyridine rings is 2. The van der Waals surface area contributed by atoms with E-state index >= 15 is 0 Å². The number of aromatic nitrogens is 2. The van der Waals surface area contributed by atoms with Gasteiger partial charge in [-0.1, -0.05) is 70.0 Å². The van der Waals surface area contributed by atoms with Crippen LogP contribution in [0.3, 0.4) is 0 Å². The number of hydrogen-bond acceptors (Lipinski definition) is 2. The number of fused-ring (bicyclic) bond motifs is 2. The molecule has 3 aromatic carbocycles. The Balaban J connectivity index is 0.000000213. The molecule has 0 unspecified atom stereocenters. The van der Waals surface area contributed by atoms with Gasteiger partial charge in [0, 0.05) is 31.7 Å². The molecule has 2 heterocycles. The molecule has 1 radical (unpaired) electrons. The molecule has 0 spiro atoms. The summed E-state index contributed by atoms with van der Waals surface area (Å²) >= 11 is 0. The van der Waals surface area contributed by atoms with Gasteiger partial charge >= 0.3 is 0 Å². The largest absolute Gasteiger partial charge is 0.304 e. The Morgan fingerprint density at radius 3 is 2.18 bits per heavy atom. The van der Waals surface area contributed by atoms with E-state index in [0.717, 1.165) is 28.0 Å². The van der Waals surface area contributed by atoms with Crippen molar-refractivity contribution in [1.29, 1.82) is 0 Å². The Hall–Kier alpha value is -3.13. The Kier molecular flexibility index (Phi) is 8.54. The molecular weight excluding hydrogens is 653 g/mol. The molecule has 0 saturated carbocycles. The van der Waals surface area contributed by atoms with E-state index in [1.807, 2.05) is 36.5 Å². The Bertz CT molecular complexity index is 1590. The maximum Gasteiger partial charge on any atom is 0.0597 e. The first-order chi connectivity index (χ1) is 18.2. The van der Waals surface area contributed by atoms with Crippen LogP contribution in [0.4, 0.5) is 0 Å². The van der Waals surface area contributed by atoms with Crippen LogP contribution in [0.5, 0.6) is 0 Å². The number of hydrogen-bond donors (Lipinski definition) is 0. The summed E-state index contributed by atoms with van der Waals surface area (Å²) in [5.74, 6) is 0. The van der Waals surface area contributed by atoms with Gasteiger partial charge in [0.15, 0.2) is 0 Å². The van der Waals surface area contributed by atoms with E-state index in [9.17, 15) is 0 Å². The van der Waals surface area contributed by atoms with Crippen LogP contribution in [0.25, 0.3) is 33.4 Å². The molecule has 0 N–H and O–H groups in total. The normalized spacial score (nSPS) is 14.9. The van der Waals surface area contributed by atoms with E-state index in [1.54, 1.807) is 0 Å². The fourth-order valence-electron chi connectivity index (χ4n) is 5.42. The van der Waals surface area contributed by atoms with Gasteiger partial charge in [-0.2, -0.15) is 0 Å². The summed E-state index contributed by atoms with van der Waals surface area (Å²) in [6.45, 7) is 13.6. The fraction of sp³-hybridized carbons (Fsp3) is 0.278. The number of rotatable bonds is 2. The van der Waals surface area contributed by atoms with Crippen molar-refractivity contribution in [2.24, 2.45) is 0 Å². The second-order valence-corrected chi connectivity index (χ2v) is 11.7. The average Bonchev–Trinajstić information content (AvgIpc) is 2.92. The van der Waals surface area contributed by atoms with Crippen LogP contribution in [0.2, 0.25) is 0 Å². The molecule has 2 nitrogen and oxygen atoms in total. The van der Waals surface area contributed by atoms with Crippen molar-refractivity contribution in [3.05, 3.63) is 119 Å². The van der Waals surface area contributed by atoms with E-state index < -0.39 is 0 Å². The van der Waals surface area contributed by atoms with Crippen LogP contribution in [0, 0.1) is 26.0 Å². The van der Waals surface area contributed by atoms with Gasteiger partial charge in [-0.15, -0.1) is 70.8 Å². The summed E-state index contributed by atoms with van der Waals surface area (Å²) in [5.41, 5.74) is 11.1. The molecule has 0 aliphatic heterocycles. The monoisotopic (exact) mass is 689 g/mol. The van der Waals surface area contributed by atoms with Crippen molar-refractivity contribution >= 4 is 10.9 Å². The Morgan fingerprint density at radius 2 is 1.46 bits per heavy atom. The fourth-order valence-corrected chi connectivity index (χ4v) is 5.42. The quantitative estimate of drug-likeness (QED) is 0.173. The molecule has 0 bridgehead atoms. The summed E-state index contributed by atoms with van der Waals surface area (Å²) in [6, 6.07) is 33.8. The van der Waals surface area contributed by atoms with E-state index in [-0.39, 0.29) is 30.9 Å². The summed E-state index contributed by atoms with van der Waals surface area (Å²) in [5, 5.41) is 1.23. The van der Waals surface area contributed by atoms with Crippen molar-refractivity contribution in [1.82, 2.24) is 9.97 Å². The summed E-state index contributed by atoms with van der Waals surface area (Å²) in [7, 11) is 0. The molecule has 1 aliphatic carbocycles. The van der Waals surface area contributed by atoms with Gasteiger partial charge in [0.1, 0.15) is 0 Å². The zero-order chi connectivity index (χ0) is 26.9. The maximum absolute atomic E-state index is 4.91. The summed E-state index contributed by atoms with van der Waals surface area (Å²) < 4.78 is 0. The first kappa shape index (κ1) is 28.9. The smallest absolute Gasteiger partial charge is 0.0597 e. The van der Waals surface area contributed by atoms with Crippen molar-refractivity contribution in [2.75, 3.05) is 0 Å². The number of aryl methyl sites for hydroxylation is 2. The van der Waals surface area contributed by atoms with E-state index in [1.165, 1.54) is 40.5 Å². The molecular formula is C36H36IrN2-2. The molecule has 1 aliphatic rings. The minimum atomic E-state index is 0. The molecule has 6 rings (SSSR count). The molecule has 0 saturated heterocycles. The van der Waals surface area contributed by atoms with Crippen LogP contribution in [0.1, 0.15) is 62.8 Å². The molecule has 5 aromatic rings. The molecule has 0 fully saturated rings. The third-order valence-corrected chi connectivity index (χ3v) is 7.98. The zero-order valence-electron chi connectivity index (χ0n) is 23.7. The van der Waals surface area contributed by atoms with Crippen LogP contribution >= 0.6 is 0 Å². The van der Waals surface area contributed by atoms with Crippen LogP contribution in [0.15, 0.2) is 85.1 Å². The average molecular weight is 689 g/mol. The summed E-state index contributed by atoms with van der Waals surface area (Å²) in [4.78, 5) is 9.23. The standard InChI is InChI=1S/C24H26N.C12H10N.Ir/c1-16-7-6-8-22-18(16)10-12-21(25-22)17-9-11-19-20(15-17)24(4,5)14-13-23(19,2)3;1-10-6-5-9-13-12(10)11-7-3-2-4-8-11;/h6-8,10-12,15H,13-14H2,1-5H3;2-7,9H,1H3;/q2*-1;. The van der Waals surface area contributed by atoms with Crippen molar-refractivity contribution in [3.63, 3.8) is 0 Å². The molecule has 0 atom stereocenters. The van der Waals surface area contributed by atoms with Crippen LogP contribution in [-0.2, 0) is 30.9 Å². The second-order valence-electron chi connectivity index (χ2n) is 11.7. The Labute approximate surface area is 247 Å². The Morgan fingerprint density at radius 1 is 0.718 bits per heavy atom. The number of benzene rings is 3. The first-order valence-electron chi connectivity index (χ1n) is 13.5. The van der Waals surface area contributed by atoms with Crippen molar-refractivity contribution in [2.45, 2.75) is 65.2 Å². The van der Waals surface area contributed by atoms with Crippen LogP contribution < -0.4 is 0 Å². The third kappa shape index (κ3) is 6.06. The van der Waals surface area contributed by atoms with E-state index in [4.69, 9.17) is 4.98 Å². The van der Waals surface area contributed by atoms with Crippen molar-refractivity contribution in [3.8, 4) is 22.5 Å². The first-order valence-corrected chi connectivity index (χ1v) is 13.5. The van der Waals surface area contributed by atoms with Gasteiger partial charge < -0.3 is 4.98 Å².